The first-order valence-electron chi connectivity index (χ1n) is 5.73. The van der Waals surface area contributed by atoms with Gasteiger partial charge in [0.25, 0.3) is 0 Å². The van der Waals surface area contributed by atoms with E-state index in [-0.39, 0.29) is 5.82 Å². The minimum Gasteiger partial charge on any atom is -0.439 e. The molecule has 2 aromatic rings. The molecule has 4 heteroatoms. The Morgan fingerprint density at radius 3 is 2.89 bits per heavy atom. The van der Waals surface area contributed by atoms with Gasteiger partial charge in [-0.05, 0) is 43.8 Å². The summed E-state index contributed by atoms with van der Waals surface area (Å²) in [5.41, 5.74) is 1.51. The van der Waals surface area contributed by atoms with Crippen molar-refractivity contribution < 1.29 is 9.13 Å². The van der Waals surface area contributed by atoms with Crippen LogP contribution in [0, 0.1) is 12.7 Å². The van der Waals surface area contributed by atoms with Crippen molar-refractivity contribution in [3.63, 3.8) is 0 Å². The van der Waals surface area contributed by atoms with Crippen LogP contribution in [-0.4, -0.2) is 12.0 Å². The Bertz CT molecular complexity index is 543. The van der Waals surface area contributed by atoms with Crippen molar-refractivity contribution in [2.75, 3.05) is 7.05 Å². The van der Waals surface area contributed by atoms with Crippen molar-refractivity contribution in [2.24, 2.45) is 0 Å². The lowest BCUT2D eigenvalue weighted by atomic mass is 10.2. The molecule has 3 nitrogen and oxygen atoms in total. The van der Waals surface area contributed by atoms with E-state index in [1.165, 1.54) is 6.07 Å². The van der Waals surface area contributed by atoms with E-state index in [4.69, 9.17) is 4.74 Å². The molecule has 0 saturated heterocycles. The second-order valence-electron chi connectivity index (χ2n) is 4.01. The zero-order valence-corrected chi connectivity index (χ0v) is 10.4. The molecule has 1 N–H and O–H groups in total. The predicted molar refractivity (Wildman–Crippen MR) is 68.2 cm³/mol. The standard InChI is InChI=1S/C14H15FN2O/c1-10-8-12(5-6-13(10)15)18-14-11(9-16-2)4-3-7-17-14/h3-8,16H,9H2,1-2H3. The highest BCUT2D eigenvalue weighted by Gasteiger charge is 2.06. The molecule has 0 radical (unpaired) electrons. The van der Waals surface area contributed by atoms with Crippen molar-refractivity contribution in [3.8, 4) is 11.6 Å². The Hall–Kier alpha value is -1.94. The molecule has 0 aliphatic heterocycles. The molecule has 0 atom stereocenters. The molecule has 0 spiro atoms. The van der Waals surface area contributed by atoms with Gasteiger partial charge in [-0.15, -0.1) is 0 Å². The monoisotopic (exact) mass is 246 g/mol. The number of aromatic nitrogens is 1. The lowest BCUT2D eigenvalue weighted by Crippen LogP contribution is -2.07. The van der Waals surface area contributed by atoms with Gasteiger partial charge in [-0.25, -0.2) is 9.37 Å². The van der Waals surface area contributed by atoms with Gasteiger partial charge < -0.3 is 10.1 Å². The van der Waals surface area contributed by atoms with Crippen LogP contribution in [0.3, 0.4) is 0 Å². The number of hydrogen-bond acceptors (Lipinski definition) is 3. The van der Waals surface area contributed by atoms with Crippen molar-refractivity contribution >= 4 is 0 Å². The summed E-state index contributed by atoms with van der Waals surface area (Å²) < 4.78 is 18.8. The number of nitrogens with zero attached hydrogens (tertiary/aromatic N) is 1. The molecule has 0 bridgehead atoms. The SMILES string of the molecule is CNCc1cccnc1Oc1ccc(F)c(C)c1. The molecule has 2 rings (SSSR count). The van der Waals surface area contributed by atoms with E-state index in [0.717, 1.165) is 5.56 Å². The molecule has 1 aromatic heterocycles. The van der Waals surface area contributed by atoms with Crippen LogP contribution in [-0.2, 0) is 6.54 Å². The zero-order chi connectivity index (χ0) is 13.0. The third-order valence-corrected chi connectivity index (χ3v) is 2.56. The first-order valence-corrected chi connectivity index (χ1v) is 5.73. The number of benzene rings is 1. The van der Waals surface area contributed by atoms with E-state index in [1.807, 2.05) is 19.2 Å². The Morgan fingerprint density at radius 1 is 1.33 bits per heavy atom. The number of rotatable bonds is 4. The minimum atomic E-state index is -0.237. The summed E-state index contributed by atoms with van der Waals surface area (Å²) in [5, 5.41) is 3.05. The van der Waals surface area contributed by atoms with Crippen LogP contribution in [0.5, 0.6) is 11.6 Å². The number of hydrogen-bond donors (Lipinski definition) is 1. The van der Waals surface area contributed by atoms with Gasteiger partial charge in [0.1, 0.15) is 11.6 Å². The number of aryl methyl sites for hydroxylation is 1. The second kappa shape index (κ2) is 5.60. The summed E-state index contributed by atoms with van der Waals surface area (Å²) in [6.07, 6.45) is 1.67. The van der Waals surface area contributed by atoms with Gasteiger partial charge in [-0.1, -0.05) is 6.07 Å². The Kier molecular flexibility index (Phi) is 3.89. The van der Waals surface area contributed by atoms with Crippen molar-refractivity contribution in [1.82, 2.24) is 10.3 Å². The highest BCUT2D eigenvalue weighted by Crippen LogP contribution is 2.24. The summed E-state index contributed by atoms with van der Waals surface area (Å²) in [5.74, 6) is 0.890. The fraction of sp³-hybridized carbons (Fsp3) is 0.214. The lowest BCUT2D eigenvalue weighted by Gasteiger charge is -2.10. The number of halogens is 1. The number of ether oxygens (including phenoxy) is 1. The van der Waals surface area contributed by atoms with Crippen LogP contribution in [0.4, 0.5) is 4.39 Å². The maximum Gasteiger partial charge on any atom is 0.223 e. The average Bonchev–Trinajstić information content (AvgIpc) is 2.37. The highest BCUT2D eigenvalue weighted by atomic mass is 19.1. The van der Waals surface area contributed by atoms with Gasteiger partial charge >= 0.3 is 0 Å². The molecule has 1 aromatic carbocycles. The quantitative estimate of drug-likeness (QED) is 0.900. The first kappa shape index (κ1) is 12.5. The van der Waals surface area contributed by atoms with Crippen LogP contribution >= 0.6 is 0 Å². The highest BCUT2D eigenvalue weighted by molar-refractivity contribution is 5.34. The minimum absolute atomic E-state index is 0.237. The Morgan fingerprint density at radius 2 is 2.17 bits per heavy atom. The molecule has 0 amide bonds. The smallest absolute Gasteiger partial charge is 0.223 e. The molecule has 0 aliphatic rings. The topological polar surface area (TPSA) is 34.2 Å². The fourth-order valence-electron chi connectivity index (χ4n) is 1.63. The fourth-order valence-corrected chi connectivity index (χ4v) is 1.63. The van der Waals surface area contributed by atoms with Crippen molar-refractivity contribution in [2.45, 2.75) is 13.5 Å². The summed E-state index contributed by atoms with van der Waals surface area (Å²) in [6, 6.07) is 8.45. The van der Waals surface area contributed by atoms with Crippen molar-refractivity contribution in [1.29, 1.82) is 0 Å². The van der Waals surface area contributed by atoms with Crippen LogP contribution < -0.4 is 10.1 Å². The summed E-state index contributed by atoms with van der Waals surface area (Å²) >= 11 is 0. The van der Waals surface area contributed by atoms with E-state index < -0.39 is 0 Å². The van der Waals surface area contributed by atoms with Crippen LogP contribution in [0.25, 0.3) is 0 Å². The van der Waals surface area contributed by atoms with Gasteiger partial charge in [-0.2, -0.15) is 0 Å². The van der Waals surface area contributed by atoms with Gasteiger partial charge in [0.15, 0.2) is 0 Å². The Balaban J connectivity index is 2.25. The normalized spacial score (nSPS) is 10.4. The van der Waals surface area contributed by atoms with Crippen LogP contribution in [0.1, 0.15) is 11.1 Å². The lowest BCUT2D eigenvalue weighted by molar-refractivity contribution is 0.452. The first-order chi connectivity index (χ1) is 8.70. The van der Waals surface area contributed by atoms with Crippen LogP contribution in [0.15, 0.2) is 36.5 Å². The van der Waals surface area contributed by atoms with Gasteiger partial charge in [0, 0.05) is 18.3 Å². The van der Waals surface area contributed by atoms with E-state index >= 15 is 0 Å². The van der Waals surface area contributed by atoms with Gasteiger partial charge in [-0.3, -0.25) is 0 Å². The molecule has 0 fully saturated rings. The molecule has 18 heavy (non-hydrogen) atoms. The third kappa shape index (κ3) is 2.84. The second-order valence-corrected chi connectivity index (χ2v) is 4.01. The van der Waals surface area contributed by atoms with E-state index in [0.29, 0.717) is 23.7 Å². The van der Waals surface area contributed by atoms with Gasteiger partial charge in [0.05, 0.1) is 0 Å². The molecule has 94 valence electrons. The maximum atomic E-state index is 13.2. The summed E-state index contributed by atoms with van der Waals surface area (Å²) in [4.78, 5) is 4.19. The van der Waals surface area contributed by atoms with E-state index in [2.05, 4.69) is 10.3 Å². The molecule has 0 unspecified atom stereocenters. The predicted octanol–water partition coefficient (Wildman–Crippen LogP) is 3.04. The summed E-state index contributed by atoms with van der Waals surface area (Å²) in [7, 11) is 1.86. The molecule has 0 saturated carbocycles. The average molecular weight is 246 g/mol. The summed E-state index contributed by atoms with van der Waals surface area (Å²) in [6.45, 7) is 2.37. The molecule has 1 heterocycles. The largest absolute Gasteiger partial charge is 0.439 e. The zero-order valence-electron chi connectivity index (χ0n) is 10.4. The van der Waals surface area contributed by atoms with Gasteiger partial charge in [0.2, 0.25) is 5.88 Å². The third-order valence-electron chi connectivity index (χ3n) is 2.56. The number of pyridine rings is 1. The maximum absolute atomic E-state index is 13.2. The molecular formula is C14H15FN2O. The van der Waals surface area contributed by atoms with E-state index in [1.54, 1.807) is 25.3 Å². The van der Waals surface area contributed by atoms with E-state index in [9.17, 15) is 4.39 Å². The number of nitrogens with one attached hydrogen (secondary N) is 1. The molecule has 0 aliphatic carbocycles. The molecular weight excluding hydrogens is 231 g/mol. The van der Waals surface area contributed by atoms with Crippen LogP contribution in [0.2, 0.25) is 0 Å². The Labute approximate surface area is 106 Å². The van der Waals surface area contributed by atoms with Crippen molar-refractivity contribution in [3.05, 3.63) is 53.5 Å².